The summed E-state index contributed by atoms with van der Waals surface area (Å²) in [7, 11) is 0. The molecule has 1 atom stereocenters. The summed E-state index contributed by atoms with van der Waals surface area (Å²) in [4.78, 5) is 14.0. The highest BCUT2D eigenvalue weighted by Crippen LogP contribution is 2.11. The third-order valence-corrected chi connectivity index (χ3v) is 3.39. The Labute approximate surface area is 111 Å². The largest absolute Gasteiger partial charge is 0.465 e. The third kappa shape index (κ3) is 5.83. The molecule has 4 nitrogen and oxygen atoms in total. The molecular weight excluding hydrogens is 228 g/mol. The highest BCUT2D eigenvalue weighted by molar-refractivity contribution is 5.71. The van der Waals surface area contributed by atoms with Gasteiger partial charge in [0.25, 0.3) is 0 Å². The SMILES string of the molecule is CCCCOC(=O)CN(CCC)C1CCCNC1. The molecule has 1 saturated heterocycles. The zero-order valence-corrected chi connectivity index (χ0v) is 11.9. The Morgan fingerprint density at radius 1 is 1.39 bits per heavy atom. The maximum absolute atomic E-state index is 11.8. The van der Waals surface area contributed by atoms with E-state index in [0.29, 0.717) is 19.2 Å². The predicted molar refractivity (Wildman–Crippen MR) is 73.6 cm³/mol. The van der Waals surface area contributed by atoms with E-state index in [0.717, 1.165) is 38.9 Å². The van der Waals surface area contributed by atoms with Crippen molar-refractivity contribution in [2.24, 2.45) is 0 Å². The van der Waals surface area contributed by atoms with Gasteiger partial charge in [-0.3, -0.25) is 9.69 Å². The van der Waals surface area contributed by atoms with Gasteiger partial charge in [0.15, 0.2) is 0 Å². The predicted octanol–water partition coefficient (Wildman–Crippen LogP) is 1.79. The summed E-state index contributed by atoms with van der Waals surface area (Å²) in [5.74, 6) is -0.0672. The topological polar surface area (TPSA) is 41.6 Å². The second-order valence-electron chi connectivity index (χ2n) is 5.04. The van der Waals surface area contributed by atoms with Gasteiger partial charge in [0.05, 0.1) is 13.2 Å². The molecule has 18 heavy (non-hydrogen) atoms. The molecule has 0 spiro atoms. The van der Waals surface area contributed by atoms with Crippen LogP contribution in [-0.2, 0) is 9.53 Å². The lowest BCUT2D eigenvalue weighted by molar-refractivity contribution is -0.145. The second kappa shape index (κ2) is 9.34. The van der Waals surface area contributed by atoms with Gasteiger partial charge in [-0.15, -0.1) is 0 Å². The van der Waals surface area contributed by atoms with E-state index in [9.17, 15) is 4.79 Å². The minimum Gasteiger partial charge on any atom is -0.465 e. The molecule has 1 N–H and O–H groups in total. The minimum atomic E-state index is -0.0672. The molecule has 0 aliphatic carbocycles. The lowest BCUT2D eigenvalue weighted by Crippen LogP contribution is -2.48. The first-order valence-electron chi connectivity index (χ1n) is 7.38. The van der Waals surface area contributed by atoms with Crippen molar-refractivity contribution >= 4 is 5.97 Å². The number of nitrogens with zero attached hydrogens (tertiary/aromatic N) is 1. The van der Waals surface area contributed by atoms with Crippen molar-refractivity contribution in [3.63, 3.8) is 0 Å². The smallest absolute Gasteiger partial charge is 0.320 e. The summed E-state index contributed by atoms with van der Waals surface area (Å²) in [6.45, 7) is 8.37. The van der Waals surface area contributed by atoms with E-state index < -0.39 is 0 Å². The van der Waals surface area contributed by atoms with Crippen LogP contribution in [0, 0.1) is 0 Å². The summed E-state index contributed by atoms with van der Waals surface area (Å²) in [6, 6.07) is 0.498. The van der Waals surface area contributed by atoms with Crippen LogP contribution in [0.15, 0.2) is 0 Å². The van der Waals surface area contributed by atoms with E-state index in [1.807, 2.05) is 0 Å². The molecule has 1 heterocycles. The number of ether oxygens (including phenoxy) is 1. The van der Waals surface area contributed by atoms with Crippen molar-refractivity contribution in [2.75, 3.05) is 32.8 Å². The number of hydrogen-bond acceptors (Lipinski definition) is 4. The molecule has 1 aliphatic rings. The number of piperidine rings is 1. The van der Waals surface area contributed by atoms with Gasteiger partial charge in [-0.1, -0.05) is 20.3 Å². The molecule has 1 unspecified atom stereocenters. The zero-order valence-electron chi connectivity index (χ0n) is 11.9. The second-order valence-corrected chi connectivity index (χ2v) is 5.04. The van der Waals surface area contributed by atoms with Crippen molar-refractivity contribution in [2.45, 2.75) is 52.0 Å². The van der Waals surface area contributed by atoms with Crippen molar-refractivity contribution in [1.82, 2.24) is 10.2 Å². The number of esters is 1. The normalized spacial score (nSPS) is 20.1. The van der Waals surface area contributed by atoms with E-state index in [4.69, 9.17) is 4.74 Å². The Kier molecular flexibility index (Phi) is 8.01. The fraction of sp³-hybridized carbons (Fsp3) is 0.929. The summed E-state index contributed by atoms with van der Waals surface area (Å²) < 4.78 is 5.25. The Hall–Kier alpha value is -0.610. The maximum atomic E-state index is 11.8. The van der Waals surface area contributed by atoms with Crippen LogP contribution in [0.3, 0.4) is 0 Å². The van der Waals surface area contributed by atoms with Gasteiger partial charge in [-0.05, 0) is 38.8 Å². The van der Waals surface area contributed by atoms with Gasteiger partial charge in [0.1, 0.15) is 0 Å². The lowest BCUT2D eigenvalue weighted by atomic mass is 10.1. The van der Waals surface area contributed by atoms with Crippen LogP contribution >= 0.6 is 0 Å². The highest BCUT2D eigenvalue weighted by atomic mass is 16.5. The minimum absolute atomic E-state index is 0.0672. The molecule has 1 fully saturated rings. The van der Waals surface area contributed by atoms with E-state index >= 15 is 0 Å². The summed E-state index contributed by atoms with van der Waals surface area (Å²) >= 11 is 0. The molecule has 1 aliphatic heterocycles. The quantitative estimate of drug-likeness (QED) is 0.531. The lowest BCUT2D eigenvalue weighted by Gasteiger charge is -2.33. The van der Waals surface area contributed by atoms with Crippen molar-refractivity contribution in [3.8, 4) is 0 Å². The summed E-state index contributed by atoms with van der Waals surface area (Å²) in [5.41, 5.74) is 0. The number of rotatable bonds is 8. The fourth-order valence-corrected chi connectivity index (χ4v) is 2.36. The molecule has 4 heteroatoms. The van der Waals surface area contributed by atoms with Crippen LogP contribution in [0.25, 0.3) is 0 Å². The average molecular weight is 256 g/mol. The monoisotopic (exact) mass is 256 g/mol. The van der Waals surface area contributed by atoms with Crippen LogP contribution in [0.1, 0.15) is 46.0 Å². The number of nitrogens with one attached hydrogen (secondary N) is 1. The summed E-state index contributed by atoms with van der Waals surface area (Å²) in [5, 5.41) is 3.41. The first kappa shape index (κ1) is 15.4. The van der Waals surface area contributed by atoms with Gasteiger partial charge < -0.3 is 10.1 Å². The Morgan fingerprint density at radius 2 is 2.22 bits per heavy atom. The van der Waals surface area contributed by atoms with E-state index in [1.54, 1.807) is 0 Å². The number of hydrogen-bond donors (Lipinski definition) is 1. The van der Waals surface area contributed by atoms with Gasteiger partial charge in [0, 0.05) is 12.6 Å². The first-order valence-corrected chi connectivity index (χ1v) is 7.38. The molecule has 0 bridgehead atoms. The summed E-state index contributed by atoms with van der Waals surface area (Å²) in [6.07, 6.45) is 5.51. The molecular formula is C14H28N2O2. The zero-order chi connectivity index (χ0) is 13.2. The van der Waals surface area contributed by atoms with Crippen LogP contribution < -0.4 is 5.32 Å². The molecule has 0 amide bonds. The molecule has 0 aromatic heterocycles. The Bertz CT molecular complexity index is 228. The Balaban J connectivity index is 2.33. The number of carbonyl (C=O) groups is 1. The molecule has 0 aromatic carbocycles. The van der Waals surface area contributed by atoms with Crippen LogP contribution in [0.5, 0.6) is 0 Å². The number of unbranched alkanes of at least 4 members (excludes halogenated alkanes) is 1. The van der Waals surface area contributed by atoms with Crippen LogP contribution in [0.4, 0.5) is 0 Å². The van der Waals surface area contributed by atoms with Crippen LogP contribution in [-0.4, -0.2) is 49.7 Å². The van der Waals surface area contributed by atoms with Gasteiger partial charge in [0.2, 0.25) is 0 Å². The molecule has 0 radical (unpaired) electrons. The average Bonchev–Trinajstić information content (AvgIpc) is 2.39. The van der Waals surface area contributed by atoms with E-state index in [1.165, 1.54) is 12.8 Å². The van der Waals surface area contributed by atoms with Crippen molar-refractivity contribution < 1.29 is 9.53 Å². The van der Waals surface area contributed by atoms with E-state index in [2.05, 4.69) is 24.1 Å². The van der Waals surface area contributed by atoms with E-state index in [-0.39, 0.29) is 5.97 Å². The highest BCUT2D eigenvalue weighted by Gasteiger charge is 2.22. The Morgan fingerprint density at radius 3 is 2.83 bits per heavy atom. The standard InChI is InChI=1S/C14H28N2O2/c1-3-5-10-18-14(17)12-16(9-4-2)13-7-6-8-15-11-13/h13,15H,3-12H2,1-2H3. The molecule has 0 saturated carbocycles. The van der Waals surface area contributed by atoms with Gasteiger partial charge >= 0.3 is 5.97 Å². The molecule has 1 rings (SSSR count). The molecule has 106 valence electrons. The number of carbonyl (C=O) groups excluding carboxylic acids is 1. The fourth-order valence-electron chi connectivity index (χ4n) is 2.36. The van der Waals surface area contributed by atoms with Crippen LogP contribution in [0.2, 0.25) is 0 Å². The van der Waals surface area contributed by atoms with Gasteiger partial charge in [-0.25, -0.2) is 0 Å². The first-order chi connectivity index (χ1) is 8.77. The van der Waals surface area contributed by atoms with Crippen molar-refractivity contribution in [1.29, 1.82) is 0 Å². The van der Waals surface area contributed by atoms with Crippen molar-refractivity contribution in [3.05, 3.63) is 0 Å². The maximum Gasteiger partial charge on any atom is 0.320 e. The molecule has 0 aromatic rings. The van der Waals surface area contributed by atoms with Gasteiger partial charge in [-0.2, -0.15) is 0 Å². The third-order valence-electron chi connectivity index (χ3n) is 3.39.